The van der Waals surface area contributed by atoms with Gasteiger partial charge < -0.3 is 4.74 Å². The molecule has 0 spiro atoms. The van der Waals surface area contributed by atoms with E-state index >= 15 is 0 Å². The zero-order chi connectivity index (χ0) is 10.4. The molecule has 75 valence electrons. The Hall–Kier alpha value is -1.35. The maximum absolute atomic E-state index is 11.4. The van der Waals surface area contributed by atoms with E-state index in [1.165, 1.54) is 0 Å². The van der Waals surface area contributed by atoms with Crippen molar-refractivity contribution in [1.82, 2.24) is 5.73 Å². The fourth-order valence-corrected chi connectivity index (χ4v) is 1.27. The topological polar surface area (TPSA) is 50.1 Å². The molecule has 1 N–H and O–H groups in total. The Morgan fingerprint density at radius 2 is 2.07 bits per heavy atom. The SMILES string of the molecule is CCOC(=O)[C@H](C[NH])c1ccccc1. The van der Waals surface area contributed by atoms with Crippen LogP contribution in [0.3, 0.4) is 0 Å². The molecule has 0 aromatic heterocycles. The Labute approximate surface area is 83.9 Å². The maximum Gasteiger partial charge on any atom is 0.314 e. The van der Waals surface area contributed by atoms with E-state index in [0.717, 1.165) is 5.56 Å². The molecule has 0 saturated heterocycles. The highest BCUT2D eigenvalue weighted by atomic mass is 16.5. The van der Waals surface area contributed by atoms with Gasteiger partial charge in [-0.25, -0.2) is 0 Å². The number of rotatable bonds is 4. The van der Waals surface area contributed by atoms with Crippen molar-refractivity contribution in [3.05, 3.63) is 35.9 Å². The van der Waals surface area contributed by atoms with E-state index in [4.69, 9.17) is 10.5 Å². The van der Waals surface area contributed by atoms with Crippen molar-refractivity contribution < 1.29 is 9.53 Å². The summed E-state index contributed by atoms with van der Waals surface area (Å²) in [5.41, 5.74) is 8.15. The summed E-state index contributed by atoms with van der Waals surface area (Å²) in [6.07, 6.45) is 0. The van der Waals surface area contributed by atoms with Crippen LogP contribution in [0.1, 0.15) is 18.4 Å². The summed E-state index contributed by atoms with van der Waals surface area (Å²) >= 11 is 0. The normalized spacial score (nSPS) is 12.1. The Kier molecular flexibility index (Phi) is 4.13. The molecule has 0 aliphatic heterocycles. The predicted molar refractivity (Wildman–Crippen MR) is 53.8 cm³/mol. The van der Waals surface area contributed by atoms with Crippen LogP contribution in [0, 0.1) is 0 Å². The summed E-state index contributed by atoms with van der Waals surface area (Å²) in [5.74, 6) is -0.759. The molecule has 0 saturated carbocycles. The predicted octanol–water partition coefficient (Wildman–Crippen LogP) is 1.62. The van der Waals surface area contributed by atoms with Crippen LogP contribution in [0.25, 0.3) is 0 Å². The fraction of sp³-hybridized carbons (Fsp3) is 0.364. The van der Waals surface area contributed by atoms with Gasteiger partial charge in [-0.2, -0.15) is 0 Å². The zero-order valence-corrected chi connectivity index (χ0v) is 8.19. The summed E-state index contributed by atoms with van der Waals surface area (Å²) in [5, 5.41) is 0. The minimum Gasteiger partial charge on any atom is -0.465 e. The molecule has 0 unspecified atom stereocenters. The van der Waals surface area contributed by atoms with Gasteiger partial charge in [0.15, 0.2) is 0 Å². The molecule has 0 aliphatic carbocycles. The Morgan fingerprint density at radius 3 is 2.57 bits per heavy atom. The van der Waals surface area contributed by atoms with Crippen molar-refractivity contribution in [2.45, 2.75) is 12.8 Å². The average molecular weight is 192 g/mol. The molecule has 1 aromatic rings. The second kappa shape index (κ2) is 5.40. The molecule has 0 heterocycles. The largest absolute Gasteiger partial charge is 0.465 e. The summed E-state index contributed by atoms with van der Waals surface area (Å²) < 4.78 is 4.89. The van der Waals surface area contributed by atoms with Crippen LogP contribution in [-0.4, -0.2) is 19.1 Å². The number of carbonyl (C=O) groups is 1. The van der Waals surface area contributed by atoms with Crippen LogP contribution < -0.4 is 5.73 Å². The van der Waals surface area contributed by atoms with Crippen LogP contribution in [-0.2, 0) is 9.53 Å². The first-order chi connectivity index (χ1) is 6.79. The van der Waals surface area contributed by atoms with Gasteiger partial charge in [-0.1, -0.05) is 30.3 Å². The third-order valence-electron chi connectivity index (χ3n) is 1.98. The van der Waals surface area contributed by atoms with Crippen molar-refractivity contribution in [1.29, 1.82) is 0 Å². The molecular weight excluding hydrogens is 178 g/mol. The molecule has 0 bridgehead atoms. The molecule has 0 fully saturated rings. The highest BCUT2D eigenvalue weighted by Crippen LogP contribution is 2.15. The standard InChI is InChI=1S/C11H14NO2/c1-2-14-11(13)10(8-12)9-6-4-3-5-7-9/h3-7,10,12H,2,8H2,1H3/t10-/m1/s1. The molecule has 14 heavy (non-hydrogen) atoms. The van der Waals surface area contributed by atoms with Gasteiger partial charge in [0, 0.05) is 6.54 Å². The summed E-state index contributed by atoms with van der Waals surface area (Å²) in [6, 6.07) is 9.29. The molecule has 0 amide bonds. The lowest BCUT2D eigenvalue weighted by Crippen LogP contribution is -2.19. The quantitative estimate of drug-likeness (QED) is 0.680. The third kappa shape index (κ3) is 2.57. The smallest absolute Gasteiger partial charge is 0.314 e. The molecule has 3 heteroatoms. The Morgan fingerprint density at radius 1 is 1.43 bits per heavy atom. The first-order valence-electron chi connectivity index (χ1n) is 4.65. The lowest BCUT2D eigenvalue weighted by atomic mass is 10.00. The third-order valence-corrected chi connectivity index (χ3v) is 1.98. The molecule has 1 aromatic carbocycles. The van der Waals surface area contributed by atoms with Crippen molar-refractivity contribution in [2.24, 2.45) is 0 Å². The first kappa shape index (κ1) is 10.7. The second-order valence-electron chi connectivity index (χ2n) is 2.92. The fourth-order valence-electron chi connectivity index (χ4n) is 1.27. The highest BCUT2D eigenvalue weighted by molar-refractivity contribution is 5.78. The lowest BCUT2D eigenvalue weighted by molar-refractivity contribution is -0.144. The van der Waals surface area contributed by atoms with Gasteiger partial charge in [0.2, 0.25) is 0 Å². The van der Waals surface area contributed by atoms with E-state index in [-0.39, 0.29) is 12.5 Å². The highest BCUT2D eigenvalue weighted by Gasteiger charge is 2.19. The van der Waals surface area contributed by atoms with Gasteiger partial charge in [0.25, 0.3) is 0 Å². The number of benzene rings is 1. The molecular formula is C11H14NO2. The minimum atomic E-state index is -0.448. The van der Waals surface area contributed by atoms with Crippen LogP contribution >= 0.6 is 0 Å². The Bertz CT molecular complexity index is 285. The van der Waals surface area contributed by atoms with E-state index in [1.807, 2.05) is 30.3 Å². The number of hydrogen-bond donors (Lipinski definition) is 0. The van der Waals surface area contributed by atoms with E-state index in [1.54, 1.807) is 6.92 Å². The zero-order valence-electron chi connectivity index (χ0n) is 8.19. The van der Waals surface area contributed by atoms with Gasteiger partial charge in [0.1, 0.15) is 0 Å². The van der Waals surface area contributed by atoms with Gasteiger partial charge >= 0.3 is 5.97 Å². The van der Waals surface area contributed by atoms with E-state index in [9.17, 15) is 4.79 Å². The lowest BCUT2D eigenvalue weighted by Gasteiger charge is -2.12. The number of esters is 1. The molecule has 3 nitrogen and oxygen atoms in total. The van der Waals surface area contributed by atoms with E-state index < -0.39 is 5.92 Å². The average Bonchev–Trinajstić information content (AvgIpc) is 2.21. The second-order valence-corrected chi connectivity index (χ2v) is 2.92. The van der Waals surface area contributed by atoms with Gasteiger partial charge in [-0.15, -0.1) is 0 Å². The van der Waals surface area contributed by atoms with Crippen LogP contribution in [0.2, 0.25) is 0 Å². The number of carbonyl (C=O) groups excluding carboxylic acids is 1. The van der Waals surface area contributed by atoms with E-state index in [0.29, 0.717) is 6.61 Å². The molecule has 0 aliphatic rings. The maximum atomic E-state index is 11.4. The number of ether oxygens (including phenoxy) is 1. The first-order valence-corrected chi connectivity index (χ1v) is 4.65. The van der Waals surface area contributed by atoms with E-state index in [2.05, 4.69) is 0 Å². The molecule has 1 rings (SSSR count). The summed E-state index contributed by atoms with van der Waals surface area (Å²) in [6.45, 7) is 2.16. The van der Waals surface area contributed by atoms with Gasteiger partial charge in [-0.3, -0.25) is 10.5 Å². The minimum absolute atomic E-state index is 0.0306. The molecule has 1 atom stereocenters. The van der Waals surface area contributed by atoms with Gasteiger partial charge in [-0.05, 0) is 12.5 Å². The van der Waals surface area contributed by atoms with Crippen LogP contribution in [0.4, 0.5) is 0 Å². The van der Waals surface area contributed by atoms with Gasteiger partial charge in [0.05, 0.1) is 12.5 Å². The summed E-state index contributed by atoms with van der Waals surface area (Å²) in [4.78, 5) is 11.4. The van der Waals surface area contributed by atoms with Crippen molar-refractivity contribution in [3.63, 3.8) is 0 Å². The molecule has 1 radical (unpaired) electrons. The summed E-state index contributed by atoms with van der Waals surface area (Å²) in [7, 11) is 0. The Balaban J connectivity index is 2.77. The van der Waals surface area contributed by atoms with Crippen LogP contribution in [0.5, 0.6) is 0 Å². The number of nitrogens with one attached hydrogen (secondary N) is 1. The monoisotopic (exact) mass is 192 g/mol. The van der Waals surface area contributed by atoms with Crippen molar-refractivity contribution in [2.75, 3.05) is 13.2 Å². The van der Waals surface area contributed by atoms with Crippen LogP contribution in [0.15, 0.2) is 30.3 Å². The van der Waals surface area contributed by atoms with Crippen molar-refractivity contribution in [3.8, 4) is 0 Å². The number of hydrogen-bond acceptors (Lipinski definition) is 2. The van der Waals surface area contributed by atoms with Crippen molar-refractivity contribution >= 4 is 5.97 Å².